The summed E-state index contributed by atoms with van der Waals surface area (Å²) in [5.74, 6) is 0. The van der Waals surface area contributed by atoms with E-state index in [0.717, 1.165) is 25.6 Å². The molecule has 3 heterocycles. The van der Waals surface area contributed by atoms with E-state index in [2.05, 4.69) is 34.8 Å². The Labute approximate surface area is 128 Å². The van der Waals surface area contributed by atoms with Gasteiger partial charge in [-0.25, -0.2) is 0 Å². The smallest absolute Gasteiger partial charge is 0.0625 e. The molecule has 2 unspecified atom stereocenters. The van der Waals surface area contributed by atoms with Gasteiger partial charge in [-0.2, -0.15) is 5.10 Å². The molecule has 3 rings (SSSR count). The van der Waals surface area contributed by atoms with Crippen molar-refractivity contribution >= 4 is 0 Å². The third-order valence-electron chi connectivity index (χ3n) is 5.17. The maximum Gasteiger partial charge on any atom is 0.0625 e. The molecule has 0 aromatic carbocycles. The lowest BCUT2D eigenvalue weighted by Gasteiger charge is -2.39. The fraction of sp³-hybridized carbons (Fsp3) is 0.824. The Bertz CT molecular complexity index is 448. The van der Waals surface area contributed by atoms with Gasteiger partial charge in [-0.3, -0.25) is 9.58 Å². The third kappa shape index (κ3) is 3.32. The number of hydrogen-bond acceptors (Lipinski definition) is 3. The highest BCUT2D eigenvalue weighted by Crippen LogP contribution is 2.26. The van der Waals surface area contributed by atoms with Crippen molar-refractivity contribution < 1.29 is 0 Å². The minimum Gasteiger partial charge on any atom is -0.312 e. The maximum atomic E-state index is 4.71. The van der Waals surface area contributed by atoms with Crippen LogP contribution < -0.4 is 5.32 Å². The molecule has 4 nitrogen and oxygen atoms in total. The summed E-state index contributed by atoms with van der Waals surface area (Å²) in [6.07, 6.45) is 7.85. The highest BCUT2D eigenvalue weighted by molar-refractivity contribution is 5.11. The van der Waals surface area contributed by atoms with Crippen LogP contribution in [0.25, 0.3) is 0 Å². The Balaban J connectivity index is 1.73. The predicted molar refractivity (Wildman–Crippen MR) is 86.4 cm³/mol. The van der Waals surface area contributed by atoms with Crippen molar-refractivity contribution in [1.82, 2.24) is 20.0 Å². The number of aryl methyl sites for hydroxylation is 2. The van der Waals surface area contributed by atoms with Gasteiger partial charge in [-0.1, -0.05) is 13.3 Å². The van der Waals surface area contributed by atoms with Gasteiger partial charge in [-0.05, 0) is 58.2 Å². The quantitative estimate of drug-likeness (QED) is 0.905. The fourth-order valence-electron chi connectivity index (χ4n) is 4.01. The summed E-state index contributed by atoms with van der Waals surface area (Å²) in [6, 6.07) is 3.76. The lowest BCUT2D eigenvalue weighted by molar-refractivity contribution is 0.109. The molecule has 118 valence electrons. The van der Waals surface area contributed by atoms with Gasteiger partial charge in [0, 0.05) is 25.2 Å². The van der Waals surface area contributed by atoms with E-state index in [0.29, 0.717) is 6.04 Å². The van der Waals surface area contributed by atoms with Gasteiger partial charge >= 0.3 is 0 Å². The van der Waals surface area contributed by atoms with Crippen LogP contribution in [-0.2, 0) is 19.5 Å². The first-order chi connectivity index (χ1) is 10.3. The second kappa shape index (κ2) is 6.93. The first-order valence-corrected chi connectivity index (χ1v) is 8.84. The number of aromatic nitrogens is 2. The minimum atomic E-state index is 0.717. The van der Waals surface area contributed by atoms with Crippen molar-refractivity contribution in [2.75, 3.05) is 13.1 Å². The molecule has 0 aliphatic carbocycles. The fourth-order valence-corrected chi connectivity index (χ4v) is 4.01. The number of nitrogens with zero attached hydrogens (tertiary/aromatic N) is 3. The van der Waals surface area contributed by atoms with Crippen LogP contribution in [0.4, 0.5) is 0 Å². The van der Waals surface area contributed by atoms with E-state index in [1.807, 2.05) is 0 Å². The van der Waals surface area contributed by atoms with E-state index in [9.17, 15) is 0 Å². The van der Waals surface area contributed by atoms with Crippen molar-refractivity contribution in [3.05, 3.63) is 17.5 Å². The van der Waals surface area contributed by atoms with E-state index in [1.165, 1.54) is 56.6 Å². The van der Waals surface area contributed by atoms with Crippen molar-refractivity contribution in [2.45, 2.75) is 77.5 Å². The Kier molecular flexibility index (Phi) is 4.96. The molecule has 0 spiro atoms. The largest absolute Gasteiger partial charge is 0.312 e. The van der Waals surface area contributed by atoms with E-state index in [-0.39, 0.29) is 0 Å². The van der Waals surface area contributed by atoms with Gasteiger partial charge in [-0.15, -0.1) is 0 Å². The monoisotopic (exact) mass is 290 g/mol. The number of likely N-dealkylation sites (tertiary alicyclic amines) is 1. The average Bonchev–Trinajstić information content (AvgIpc) is 3.17. The van der Waals surface area contributed by atoms with Crippen LogP contribution in [-0.4, -0.2) is 39.9 Å². The normalized spacial score (nSPS) is 27.3. The van der Waals surface area contributed by atoms with Crippen LogP contribution >= 0.6 is 0 Å². The average molecular weight is 290 g/mol. The zero-order valence-corrected chi connectivity index (χ0v) is 13.6. The highest BCUT2D eigenvalue weighted by Gasteiger charge is 2.31. The first-order valence-electron chi connectivity index (χ1n) is 8.84. The summed E-state index contributed by atoms with van der Waals surface area (Å²) in [5, 5.41) is 8.43. The number of rotatable bonds is 5. The van der Waals surface area contributed by atoms with Crippen molar-refractivity contribution in [3.63, 3.8) is 0 Å². The van der Waals surface area contributed by atoms with Gasteiger partial charge in [0.05, 0.1) is 11.4 Å². The van der Waals surface area contributed by atoms with Gasteiger partial charge in [0.15, 0.2) is 0 Å². The van der Waals surface area contributed by atoms with E-state index < -0.39 is 0 Å². The Morgan fingerprint density at radius 1 is 1.24 bits per heavy atom. The lowest BCUT2D eigenvalue weighted by Crippen LogP contribution is -2.49. The summed E-state index contributed by atoms with van der Waals surface area (Å²) in [7, 11) is 0. The molecule has 2 atom stereocenters. The number of piperidine rings is 1. The Morgan fingerprint density at radius 3 is 2.86 bits per heavy atom. The maximum absolute atomic E-state index is 4.71. The van der Waals surface area contributed by atoms with Crippen LogP contribution in [0, 0.1) is 0 Å². The predicted octanol–water partition coefficient (Wildman–Crippen LogP) is 2.57. The molecule has 0 amide bonds. The lowest BCUT2D eigenvalue weighted by atomic mass is 9.94. The number of nitrogens with one attached hydrogen (secondary N) is 1. The molecule has 4 heteroatoms. The standard InChI is InChI=1S/C17H30N4/c1-3-14-12-15(21(4-2)19-14)13-20-11-6-5-9-17(20)16-8-7-10-18-16/h12,16-18H,3-11,13H2,1-2H3. The summed E-state index contributed by atoms with van der Waals surface area (Å²) in [6.45, 7) is 8.90. The Morgan fingerprint density at radius 2 is 2.14 bits per heavy atom. The van der Waals surface area contributed by atoms with Gasteiger partial charge in [0.25, 0.3) is 0 Å². The molecule has 0 bridgehead atoms. The van der Waals surface area contributed by atoms with E-state index in [1.54, 1.807) is 0 Å². The zero-order chi connectivity index (χ0) is 14.7. The minimum absolute atomic E-state index is 0.717. The van der Waals surface area contributed by atoms with Crippen molar-refractivity contribution in [2.24, 2.45) is 0 Å². The zero-order valence-electron chi connectivity index (χ0n) is 13.6. The first kappa shape index (κ1) is 15.0. The SMILES string of the molecule is CCc1cc(CN2CCCCC2C2CCCN2)n(CC)n1. The van der Waals surface area contributed by atoms with Crippen LogP contribution in [0.1, 0.15) is 57.3 Å². The molecule has 0 saturated carbocycles. The van der Waals surface area contributed by atoms with Gasteiger partial charge in [0.2, 0.25) is 0 Å². The van der Waals surface area contributed by atoms with Gasteiger partial charge in [0.1, 0.15) is 0 Å². The van der Waals surface area contributed by atoms with Crippen LogP contribution in [0.2, 0.25) is 0 Å². The molecular weight excluding hydrogens is 260 g/mol. The van der Waals surface area contributed by atoms with E-state index in [4.69, 9.17) is 5.10 Å². The second-order valence-electron chi connectivity index (χ2n) is 6.53. The molecule has 2 fully saturated rings. The molecule has 21 heavy (non-hydrogen) atoms. The second-order valence-corrected chi connectivity index (χ2v) is 6.53. The van der Waals surface area contributed by atoms with Crippen molar-refractivity contribution in [1.29, 1.82) is 0 Å². The Hall–Kier alpha value is -0.870. The van der Waals surface area contributed by atoms with Crippen LogP contribution in [0.5, 0.6) is 0 Å². The highest BCUT2D eigenvalue weighted by atomic mass is 15.3. The molecule has 2 aliphatic heterocycles. The summed E-state index contributed by atoms with van der Waals surface area (Å²) < 4.78 is 2.20. The van der Waals surface area contributed by atoms with E-state index >= 15 is 0 Å². The molecule has 1 aromatic rings. The van der Waals surface area contributed by atoms with Crippen LogP contribution in [0.3, 0.4) is 0 Å². The van der Waals surface area contributed by atoms with Crippen molar-refractivity contribution in [3.8, 4) is 0 Å². The molecule has 2 aliphatic rings. The van der Waals surface area contributed by atoms with Crippen LogP contribution in [0.15, 0.2) is 6.07 Å². The molecule has 0 radical (unpaired) electrons. The molecule has 1 aromatic heterocycles. The number of hydrogen-bond donors (Lipinski definition) is 1. The summed E-state index contributed by atoms with van der Waals surface area (Å²) in [4.78, 5) is 2.72. The molecule has 2 saturated heterocycles. The third-order valence-corrected chi connectivity index (χ3v) is 5.17. The molecule has 1 N–H and O–H groups in total. The molecular formula is C17H30N4. The topological polar surface area (TPSA) is 33.1 Å². The summed E-state index contributed by atoms with van der Waals surface area (Å²) in [5.41, 5.74) is 2.64. The van der Waals surface area contributed by atoms with Gasteiger partial charge < -0.3 is 5.32 Å². The summed E-state index contributed by atoms with van der Waals surface area (Å²) >= 11 is 0.